The van der Waals surface area contributed by atoms with Gasteiger partial charge in [0.1, 0.15) is 10.8 Å². The Bertz CT molecular complexity index is 1590. The molecule has 0 radical (unpaired) electrons. The molecule has 0 aliphatic heterocycles. The molecule has 2 aromatic carbocycles. The van der Waals surface area contributed by atoms with Gasteiger partial charge in [0.2, 0.25) is 5.95 Å². The van der Waals surface area contributed by atoms with E-state index >= 15 is 0 Å². The summed E-state index contributed by atoms with van der Waals surface area (Å²) in [5.74, 6) is 1.24. The lowest BCUT2D eigenvalue weighted by molar-refractivity contribution is 0.251. The number of aryl methyl sites for hydroxylation is 1. The largest absolute Gasteiger partial charge is 0.494 e. The van der Waals surface area contributed by atoms with Crippen LogP contribution in [-0.2, 0) is 13.6 Å². The third kappa shape index (κ3) is 5.73. The summed E-state index contributed by atoms with van der Waals surface area (Å²) < 4.78 is 7.32. The fraction of sp³-hybridized carbons (Fsp3) is 0.115. The van der Waals surface area contributed by atoms with Crippen LogP contribution in [-0.4, -0.2) is 37.9 Å². The molecule has 0 unspecified atom stereocenters. The first-order chi connectivity index (χ1) is 18.5. The fourth-order valence-corrected chi connectivity index (χ4v) is 3.88. The van der Waals surface area contributed by atoms with Gasteiger partial charge in [-0.15, -0.1) is 0 Å². The molecule has 0 saturated carbocycles. The van der Waals surface area contributed by atoms with E-state index in [4.69, 9.17) is 16.3 Å². The first-order valence-electron chi connectivity index (χ1n) is 11.6. The number of urea groups is 1. The molecule has 4 N–H and O–H groups in total. The van der Waals surface area contributed by atoms with Crippen molar-refractivity contribution in [2.24, 2.45) is 7.05 Å². The molecule has 0 atom stereocenters. The number of ether oxygens (including phenoxy) is 1. The lowest BCUT2D eigenvalue weighted by Gasteiger charge is -2.14. The van der Waals surface area contributed by atoms with Crippen LogP contribution in [0.15, 0.2) is 73.3 Å². The second-order valence-electron chi connectivity index (χ2n) is 8.27. The lowest BCUT2D eigenvalue weighted by atomic mass is 10.2. The lowest BCUT2D eigenvalue weighted by Crippen LogP contribution is -2.28. The summed E-state index contributed by atoms with van der Waals surface area (Å²) in [7, 11) is 3.43. The number of rotatable bonds is 8. The van der Waals surface area contributed by atoms with Crippen molar-refractivity contribution in [1.82, 2.24) is 30.0 Å². The standard InChI is InChI=1S/C26H24ClN9O2/c1-36-22-8-6-18(10-17(22)14-31-36)32-24-20(27)15-29-25(35-24)34-21-7-5-19(11-23(21)38-2)33-26(37)30-13-16-4-3-9-28-12-16/h3-12,14-15H,13H2,1-2H3,(H2,30,33,37)(H2,29,32,34,35). The number of fused-ring (bicyclic) bond motifs is 1. The van der Waals surface area contributed by atoms with Gasteiger partial charge in [-0.2, -0.15) is 10.1 Å². The highest BCUT2D eigenvalue weighted by Crippen LogP contribution is 2.31. The molecule has 5 rings (SSSR count). The van der Waals surface area contributed by atoms with Gasteiger partial charge in [-0.3, -0.25) is 9.67 Å². The number of nitrogens with zero attached hydrogens (tertiary/aromatic N) is 5. The summed E-state index contributed by atoms with van der Waals surface area (Å²) in [6, 6.07) is 14.4. The molecule has 0 saturated heterocycles. The van der Waals surface area contributed by atoms with E-state index in [2.05, 4.69) is 41.3 Å². The van der Waals surface area contributed by atoms with Crippen molar-refractivity contribution in [1.29, 1.82) is 0 Å². The van der Waals surface area contributed by atoms with Gasteiger partial charge >= 0.3 is 6.03 Å². The molecular formula is C26H24ClN9O2. The van der Waals surface area contributed by atoms with Crippen molar-refractivity contribution in [3.05, 3.63) is 83.9 Å². The number of aromatic nitrogens is 5. The number of carbonyl (C=O) groups is 1. The van der Waals surface area contributed by atoms with E-state index in [1.165, 1.54) is 13.3 Å². The highest BCUT2D eigenvalue weighted by molar-refractivity contribution is 6.32. The molecule has 3 heterocycles. The van der Waals surface area contributed by atoms with Crippen molar-refractivity contribution in [2.45, 2.75) is 6.54 Å². The summed E-state index contributed by atoms with van der Waals surface area (Å²) in [4.78, 5) is 25.1. The van der Waals surface area contributed by atoms with Crippen molar-refractivity contribution in [2.75, 3.05) is 23.1 Å². The number of carbonyl (C=O) groups excluding carboxylic acids is 1. The van der Waals surface area contributed by atoms with Crippen LogP contribution in [0, 0.1) is 0 Å². The Morgan fingerprint density at radius 2 is 1.92 bits per heavy atom. The molecule has 12 heteroatoms. The number of amides is 2. The smallest absolute Gasteiger partial charge is 0.319 e. The van der Waals surface area contributed by atoms with Gasteiger partial charge in [-0.25, -0.2) is 9.78 Å². The number of hydrogen-bond donors (Lipinski definition) is 4. The number of halogens is 1. The van der Waals surface area contributed by atoms with Gasteiger partial charge in [-0.05, 0) is 42.0 Å². The number of benzene rings is 2. The zero-order valence-corrected chi connectivity index (χ0v) is 21.3. The summed E-state index contributed by atoms with van der Waals surface area (Å²) in [6.07, 6.45) is 6.69. The molecule has 0 aliphatic carbocycles. The minimum atomic E-state index is -0.349. The van der Waals surface area contributed by atoms with Crippen molar-refractivity contribution in [3.8, 4) is 5.75 Å². The molecular weight excluding hydrogens is 506 g/mol. The van der Waals surface area contributed by atoms with E-state index in [9.17, 15) is 4.79 Å². The molecule has 11 nitrogen and oxygen atoms in total. The van der Waals surface area contributed by atoms with E-state index in [1.807, 2.05) is 42.1 Å². The van der Waals surface area contributed by atoms with Gasteiger partial charge in [0, 0.05) is 48.8 Å². The number of pyridine rings is 1. The Morgan fingerprint density at radius 1 is 1.05 bits per heavy atom. The molecule has 3 aromatic heterocycles. The third-order valence-electron chi connectivity index (χ3n) is 5.63. The predicted molar refractivity (Wildman–Crippen MR) is 147 cm³/mol. The number of methoxy groups -OCH3 is 1. The van der Waals surface area contributed by atoms with Crippen LogP contribution in [0.1, 0.15) is 5.56 Å². The van der Waals surface area contributed by atoms with E-state index in [0.717, 1.165) is 22.2 Å². The maximum atomic E-state index is 12.3. The van der Waals surface area contributed by atoms with Crippen LogP contribution in [0.5, 0.6) is 5.75 Å². The molecule has 0 fully saturated rings. The van der Waals surface area contributed by atoms with Gasteiger partial charge in [0.25, 0.3) is 0 Å². The van der Waals surface area contributed by atoms with Gasteiger partial charge in [0.15, 0.2) is 5.82 Å². The molecule has 2 amide bonds. The molecule has 0 bridgehead atoms. The van der Waals surface area contributed by atoms with Gasteiger partial charge < -0.3 is 26.0 Å². The Balaban J connectivity index is 1.27. The maximum Gasteiger partial charge on any atom is 0.319 e. The normalized spacial score (nSPS) is 10.7. The van der Waals surface area contributed by atoms with Gasteiger partial charge in [0.05, 0.1) is 30.7 Å². The number of hydrogen-bond acceptors (Lipinski definition) is 8. The molecule has 0 aliphatic rings. The summed E-state index contributed by atoms with van der Waals surface area (Å²) in [6.45, 7) is 0.358. The Hall–Kier alpha value is -4.90. The second kappa shape index (κ2) is 11.0. The Labute approximate surface area is 223 Å². The SMILES string of the molecule is COc1cc(NC(=O)NCc2cccnc2)ccc1Nc1ncc(Cl)c(Nc2ccc3c(cnn3C)c2)n1. The van der Waals surface area contributed by atoms with Crippen molar-refractivity contribution < 1.29 is 9.53 Å². The zero-order chi connectivity index (χ0) is 26.5. The molecule has 0 spiro atoms. The van der Waals surface area contributed by atoms with Crippen LogP contribution in [0.4, 0.5) is 33.6 Å². The average Bonchev–Trinajstić information content (AvgIpc) is 3.30. The maximum absolute atomic E-state index is 12.3. The van der Waals surface area contributed by atoms with Gasteiger partial charge in [-0.1, -0.05) is 17.7 Å². The van der Waals surface area contributed by atoms with Crippen LogP contribution < -0.4 is 26.0 Å². The van der Waals surface area contributed by atoms with Crippen molar-refractivity contribution >= 4 is 57.4 Å². The minimum Gasteiger partial charge on any atom is -0.494 e. The quantitative estimate of drug-likeness (QED) is 0.215. The van der Waals surface area contributed by atoms with Crippen molar-refractivity contribution in [3.63, 3.8) is 0 Å². The number of nitrogens with one attached hydrogen (secondary N) is 4. The molecule has 5 aromatic rings. The molecule has 38 heavy (non-hydrogen) atoms. The Kier molecular flexibility index (Phi) is 7.18. The fourth-order valence-electron chi connectivity index (χ4n) is 3.75. The van der Waals surface area contributed by atoms with E-state index in [0.29, 0.717) is 40.5 Å². The van der Waals surface area contributed by atoms with E-state index in [-0.39, 0.29) is 6.03 Å². The van der Waals surface area contributed by atoms with Crippen LogP contribution in [0.3, 0.4) is 0 Å². The zero-order valence-electron chi connectivity index (χ0n) is 20.6. The van der Waals surface area contributed by atoms with Crippen LogP contribution in [0.25, 0.3) is 10.9 Å². The topological polar surface area (TPSA) is 131 Å². The first-order valence-corrected chi connectivity index (χ1v) is 12.0. The first kappa shape index (κ1) is 24.8. The summed E-state index contributed by atoms with van der Waals surface area (Å²) in [5.41, 5.74) is 3.89. The third-order valence-corrected chi connectivity index (χ3v) is 5.91. The number of anilines is 5. The van der Waals surface area contributed by atoms with Crippen LogP contribution >= 0.6 is 11.6 Å². The Morgan fingerprint density at radius 3 is 2.74 bits per heavy atom. The average molecular weight is 530 g/mol. The predicted octanol–water partition coefficient (Wildman–Crippen LogP) is 5.23. The van der Waals surface area contributed by atoms with E-state index < -0.39 is 0 Å². The summed E-state index contributed by atoms with van der Waals surface area (Å²) in [5, 5.41) is 17.6. The monoisotopic (exact) mass is 529 g/mol. The molecule has 192 valence electrons. The van der Waals surface area contributed by atoms with Crippen LogP contribution in [0.2, 0.25) is 5.02 Å². The second-order valence-corrected chi connectivity index (χ2v) is 8.67. The summed E-state index contributed by atoms with van der Waals surface area (Å²) >= 11 is 6.36. The minimum absolute atomic E-state index is 0.313. The highest BCUT2D eigenvalue weighted by Gasteiger charge is 2.12. The van der Waals surface area contributed by atoms with E-state index in [1.54, 1.807) is 36.8 Å². The highest BCUT2D eigenvalue weighted by atomic mass is 35.5.